The monoisotopic (exact) mass is 436 g/mol. The smallest absolute Gasteiger partial charge is 0.204 e. The second-order valence-electron chi connectivity index (χ2n) is 7.72. The lowest BCUT2D eigenvalue weighted by atomic mass is 10.3. The summed E-state index contributed by atoms with van der Waals surface area (Å²) in [5.41, 5.74) is 1.89. The Hall–Kier alpha value is -3.01. The predicted octanol–water partition coefficient (Wildman–Crippen LogP) is 3.74. The van der Waals surface area contributed by atoms with E-state index in [9.17, 15) is 0 Å². The Bertz CT molecular complexity index is 1190. The topological polar surface area (TPSA) is 68.4 Å². The molecule has 0 bridgehead atoms. The van der Waals surface area contributed by atoms with Gasteiger partial charge < -0.3 is 8.94 Å². The van der Waals surface area contributed by atoms with Crippen molar-refractivity contribution in [1.29, 1.82) is 0 Å². The fourth-order valence-corrected chi connectivity index (χ4v) is 4.15. The fraction of sp³-hybridized carbons (Fsp3) is 0.318. The van der Waals surface area contributed by atoms with Crippen molar-refractivity contribution in [3.63, 3.8) is 0 Å². The minimum Gasteiger partial charge on any atom is -0.461 e. The van der Waals surface area contributed by atoms with E-state index in [1.807, 2.05) is 64.7 Å². The lowest BCUT2D eigenvalue weighted by molar-refractivity contribution is 0.0920. The Kier molecular flexibility index (Phi) is 5.54. The Morgan fingerprint density at radius 3 is 2.45 bits per heavy atom. The molecule has 9 heteroatoms. The van der Waals surface area contributed by atoms with Crippen molar-refractivity contribution in [2.75, 3.05) is 26.2 Å². The van der Waals surface area contributed by atoms with Crippen molar-refractivity contribution >= 4 is 12.2 Å². The van der Waals surface area contributed by atoms with Gasteiger partial charge in [0.15, 0.2) is 11.5 Å². The van der Waals surface area contributed by atoms with E-state index in [4.69, 9.17) is 26.3 Å². The summed E-state index contributed by atoms with van der Waals surface area (Å²) in [5.74, 6) is 2.32. The van der Waals surface area contributed by atoms with Crippen molar-refractivity contribution < 1.29 is 8.94 Å². The second-order valence-corrected chi connectivity index (χ2v) is 8.09. The van der Waals surface area contributed by atoms with Gasteiger partial charge in [-0.3, -0.25) is 14.4 Å². The number of rotatable bonds is 6. The van der Waals surface area contributed by atoms with E-state index in [0.29, 0.717) is 23.0 Å². The van der Waals surface area contributed by atoms with E-state index >= 15 is 0 Å². The van der Waals surface area contributed by atoms with Crippen LogP contribution in [0.4, 0.5) is 0 Å². The van der Waals surface area contributed by atoms with Crippen LogP contribution < -0.4 is 0 Å². The lowest BCUT2D eigenvalue weighted by Gasteiger charge is -2.33. The average Bonchev–Trinajstić information content (AvgIpc) is 3.52. The van der Waals surface area contributed by atoms with Gasteiger partial charge in [-0.1, -0.05) is 23.4 Å². The molecule has 0 radical (unpaired) electrons. The number of benzene rings is 1. The minimum atomic E-state index is 0.641. The first-order valence-corrected chi connectivity index (χ1v) is 10.7. The molecular formula is C22H24N6O2S. The first kappa shape index (κ1) is 19.9. The third-order valence-corrected chi connectivity index (χ3v) is 5.84. The number of aryl methyl sites for hydroxylation is 1. The number of nitrogens with zero attached hydrogens (tertiary/aromatic N) is 6. The molecule has 160 valence electrons. The van der Waals surface area contributed by atoms with Gasteiger partial charge in [0.25, 0.3) is 0 Å². The van der Waals surface area contributed by atoms with Crippen LogP contribution in [0, 0.1) is 11.7 Å². The molecule has 0 N–H and O–H groups in total. The van der Waals surface area contributed by atoms with Crippen LogP contribution in [-0.4, -0.2) is 55.5 Å². The van der Waals surface area contributed by atoms with Crippen LogP contribution in [0.15, 0.2) is 63.7 Å². The fourth-order valence-electron chi connectivity index (χ4n) is 3.86. The molecule has 1 fully saturated rings. The highest BCUT2D eigenvalue weighted by Gasteiger charge is 2.21. The molecule has 1 aliphatic rings. The summed E-state index contributed by atoms with van der Waals surface area (Å²) < 4.78 is 15.5. The molecule has 3 aromatic heterocycles. The van der Waals surface area contributed by atoms with Crippen LogP contribution in [0.5, 0.6) is 0 Å². The number of aromatic nitrogens is 4. The van der Waals surface area contributed by atoms with Gasteiger partial charge in [0, 0.05) is 32.2 Å². The van der Waals surface area contributed by atoms with Gasteiger partial charge in [0.2, 0.25) is 10.6 Å². The first-order valence-electron chi connectivity index (χ1n) is 10.3. The van der Waals surface area contributed by atoms with E-state index in [-0.39, 0.29) is 0 Å². The van der Waals surface area contributed by atoms with Crippen molar-refractivity contribution in [2.45, 2.75) is 20.1 Å². The number of piperazine rings is 1. The van der Waals surface area contributed by atoms with E-state index in [1.54, 1.807) is 6.26 Å². The van der Waals surface area contributed by atoms with Crippen LogP contribution in [0.1, 0.15) is 11.5 Å². The minimum absolute atomic E-state index is 0.641. The van der Waals surface area contributed by atoms with Gasteiger partial charge in [-0.2, -0.15) is 0 Å². The van der Waals surface area contributed by atoms with Crippen LogP contribution in [0.25, 0.3) is 17.3 Å². The van der Waals surface area contributed by atoms with Gasteiger partial charge in [-0.15, -0.1) is 5.10 Å². The summed E-state index contributed by atoms with van der Waals surface area (Å²) in [6.45, 7) is 7.16. The van der Waals surface area contributed by atoms with E-state index in [0.717, 1.165) is 49.9 Å². The maximum Gasteiger partial charge on any atom is 0.204 e. The Balaban J connectivity index is 1.33. The van der Waals surface area contributed by atoms with E-state index in [1.165, 1.54) is 0 Å². The summed E-state index contributed by atoms with van der Waals surface area (Å²) in [7, 11) is 0. The Labute approximate surface area is 185 Å². The van der Waals surface area contributed by atoms with Crippen molar-refractivity contribution in [2.24, 2.45) is 0 Å². The number of hydrogen-bond donors (Lipinski definition) is 0. The molecule has 0 aliphatic carbocycles. The highest BCUT2D eigenvalue weighted by Crippen LogP contribution is 2.23. The standard InChI is InChI=1S/C22H24N6O2S/c1-17-14-19(30-24-17)15-25-9-11-26(12-10-25)16-27-22(31)28(18-6-3-2-4-7-18)21(23-27)20-8-5-13-29-20/h2-8,13-14H,9-12,15-16H2,1H3. The molecule has 0 unspecified atom stereocenters. The Morgan fingerprint density at radius 2 is 1.77 bits per heavy atom. The summed E-state index contributed by atoms with van der Waals surface area (Å²) in [5, 5.41) is 8.79. The predicted molar refractivity (Wildman–Crippen MR) is 118 cm³/mol. The van der Waals surface area contributed by atoms with Gasteiger partial charge in [0.05, 0.1) is 30.9 Å². The largest absolute Gasteiger partial charge is 0.461 e. The molecule has 1 aromatic carbocycles. The zero-order chi connectivity index (χ0) is 21.2. The zero-order valence-electron chi connectivity index (χ0n) is 17.3. The van der Waals surface area contributed by atoms with Gasteiger partial charge in [-0.05, 0) is 43.4 Å². The highest BCUT2D eigenvalue weighted by molar-refractivity contribution is 7.71. The molecule has 8 nitrogen and oxygen atoms in total. The highest BCUT2D eigenvalue weighted by atomic mass is 32.1. The Morgan fingerprint density at radius 1 is 1.00 bits per heavy atom. The molecule has 1 saturated heterocycles. The normalized spacial score (nSPS) is 15.5. The summed E-state index contributed by atoms with van der Waals surface area (Å²) in [6.07, 6.45) is 1.65. The average molecular weight is 437 g/mol. The zero-order valence-corrected chi connectivity index (χ0v) is 18.2. The first-order chi connectivity index (χ1) is 15.2. The molecule has 0 atom stereocenters. The second kappa shape index (κ2) is 8.62. The van der Waals surface area contributed by atoms with Gasteiger partial charge in [0.1, 0.15) is 0 Å². The molecule has 31 heavy (non-hydrogen) atoms. The third kappa shape index (κ3) is 4.25. The van der Waals surface area contributed by atoms with Crippen LogP contribution >= 0.6 is 12.2 Å². The SMILES string of the molecule is Cc1cc(CN2CCN(Cn3nc(-c4ccco4)n(-c4ccccc4)c3=S)CC2)on1. The van der Waals surface area contributed by atoms with Crippen LogP contribution in [0.2, 0.25) is 0 Å². The molecular weight excluding hydrogens is 412 g/mol. The van der Waals surface area contributed by atoms with Crippen molar-refractivity contribution in [3.05, 3.63) is 71.0 Å². The maximum absolute atomic E-state index is 5.81. The molecule has 4 aromatic rings. The molecule has 0 amide bonds. The van der Waals surface area contributed by atoms with Gasteiger partial charge in [-0.25, -0.2) is 4.68 Å². The number of furan rings is 1. The summed E-state index contributed by atoms with van der Waals surface area (Å²) in [4.78, 5) is 4.75. The lowest BCUT2D eigenvalue weighted by Crippen LogP contribution is -2.46. The van der Waals surface area contributed by atoms with E-state index in [2.05, 4.69) is 15.0 Å². The quantitative estimate of drug-likeness (QED) is 0.427. The van der Waals surface area contributed by atoms with Crippen LogP contribution in [-0.2, 0) is 13.2 Å². The van der Waals surface area contributed by atoms with E-state index < -0.39 is 0 Å². The molecule has 0 spiro atoms. The number of para-hydroxylation sites is 1. The summed E-state index contributed by atoms with van der Waals surface area (Å²) >= 11 is 5.81. The molecule has 1 aliphatic heterocycles. The van der Waals surface area contributed by atoms with Gasteiger partial charge >= 0.3 is 0 Å². The summed E-state index contributed by atoms with van der Waals surface area (Å²) in [6, 6.07) is 15.8. The maximum atomic E-state index is 5.81. The van der Waals surface area contributed by atoms with Crippen molar-refractivity contribution in [3.8, 4) is 17.3 Å². The van der Waals surface area contributed by atoms with Crippen LogP contribution in [0.3, 0.4) is 0 Å². The molecule has 0 saturated carbocycles. The third-order valence-electron chi connectivity index (χ3n) is 5.45. The molecule has 5 rings (SSSR count). The molecule has 4 heterocycles. The number of hydrogen-bond acceptors (Lipinski definition) is 7. The van der Waals surface area contributed by atoms with Crippen molar-refractivity contribution in [1.82, 2.24) is 29.3 Å².